The van der Waals surface area contributed by atoms with E-state index in [9.17, 15) is 5.11 Å². The molecule has 1 saturated carbocycles. The van der Waals surface area contributed by atoms with Crippen molar-refractivity contribution in [3.63, 3.8) is 0 Å². The molecule has 3 aliphatic rings. The molecule has 5 rings (SSSR count). The average molecular weight is 389 g/mol. The third-order valence-electron chi connectivity index (χ3n) is 6.12. The molecule has 2 aromatic heterocycles. The molecule has 3 fully saturated rings. The van der Waals surface area contributed by atoms with E-state index in [0.717, 1.165) is 12.2 Å². The summed E-state index contributed by atoms with van der Waals surface area (Å²) >= 11 is 0. The van der Waals surface area contributed by atoms with E-state index in [1.165, 1.54) is 12.8 Å². The van der Waals surface area contributed by atoms with E-state index in [4.69, 9.17) is 14.2 Å². The van der Waals surface area contributed by atoms with Gasteiger partial charge in [-0.25, -0.2) is 15.0 Å². The molecular formula is C19H27N5O4. The zero-order valence-corrected chi connectivity index (χ0v) is 16.4. The minimum absolute atomic E-state index is 0.134. The number of aromatic nitrogens is 4. The Morgan fingerprint density at radius 3 is 2.79 bits per heavy atom. The fourth-order valence-electron chi connectivity index (χ4n) is 4.71. The van der Waals surface area contributed by atoms with E-state index >= 15 is 0 Å². The Hall–Kier alpha value is -1.81. The second-order valence-corrected chi connectivity index (χ2v) is 8.52. The molecule has 2 aromatic rings. The van der Waals surface area contributed by atoms with Gasteiger partial charge in [-0.05, 0) is 32.6 Å². The number of ether oxygens (including phenoxy) is 3. The fraction of sp³-hybridized carbons (Fsp3) is 0.737. The number of fused-ring (bicyclic) bond motifs is 2. The molecular weight excluding hydrogens is 362 g/mol. The number of hydrogen-bond acceptors (Lipinski definition) is 8. The molecule has 0 spiro atoms. The molecule has 0 bridgehead atoms. The summed E-state index contributed by atoms with van der Waals surface area (Å²) in [7, 11) is 0. The number of aliphatic hydroxyl groups excluding tert-OH is 1. The molecule has 2 saturated heterocycles. The lowest BCUT2D eigenvalue weighted by Gasteiger charge is -2.24. The van der Waals surface area contributed by atoms with Crippen molar-refractivity contribution in [1.82, 2.24) is 19.5 Å². The highest BCUT2D eigenvalue weighted by Crippen LogP contribution is 2.43. The summed E-state index contributed by atoms with van der Waals surface area (Å²) in [5.41, 5.74) is 1.39. The zero-order chi connectivity index (χ0) is 19.5. The molecule has 152 valence electrons. The largest absolute Gasteiger partial charge is 0.394 e. The highest BCUT2D eigenvalue weighted by atomic mass is 16.8. The predicted octanol–water partition coefficient (Wildman–Crippen LogP) is 1.84. The first-order chi connectivity index (χ1) is 13.5. The first-order valence-electron chi connectivity index (χ1n) is 10.0. The Morgan fingerprint density at radius 1 is 1.21 bits per heavy atom. The summed E-state index contributed by atoms with van der Waals surface area (Å²) in [5, 5.41) is 13.3. The topological polar surface area (TPSA) is 104 Å². The Morgan fingerprint density at radius 2 is 2.04 bits per heavy atom. The Bertz CT molecular complexity index is 871. The van der Waals surface area contributed by atoms with Crippen molar-refractivity contribution in [3.05, 3.63) is 12.7 Å². The molecule has 9 heteroatoms. The van der Waals surface area contributed by atoms with Crippen LogP contribution in [0.5, 0.6) is 0 Å². The summed E-state index contributed by atoms with van der Waals surface area (Å²) in [5.74, 6) is 0.642. The third-order valence-corrected chi connectivity index (χ3v) is 6.12. The number of imidazole rings is 1. The zero-order valence-electron chi connectivity index (χ0n) is 16.4. The summed E-state index contributed by atoms with van der Waals surface area (Å²) < 4.78 is 19.9. The van der Waals surface area contributed by atoms with Crippen LogP contribution in [0.15, 0.2) is 12.7 Å². The van der Waals surface area contributed by atoms with Crippen LogP contribution in [0.1, 0.15) is 46.3 Å². The number of anilines is 1. The predicted molar refractivity (Wildman–Crippen MR) is 101 cm³/mol. The molecule has 2 aliphatic heterocycles. The van der Waals surface area contributed by atoms with Gasteiger partial charge in [-0.3, -0.25) is 4.57 Å². The lowest BCUT2D eigenvalue weighted by molar-refractivity contribution is -0.199. The second kappa shape index (κ2) is 6.62. The Labute approximate surface area is 163 Å². The lowest BCUT2D eigenvalue weighted by Crippen LogP contribution is -2.31. The Kier molecular flexibility index (Phi) is 4.31. The molecule has 0 aromatic carbocycles. The van der Waals surface area contributed by atoms with E-state index in [-0.39, 0.29) is 18.8 Å². The standard InChI is InChI=1S/C19H27N5O4/c1-10-5-4-6-11(10)23-16-13-17(21-8-20-16)24(9-22-13)18-15-14(12(7-25)26-18)27-19(2,3)28-15/h8-12,14-15,18,25H,4-7H2,1-3H3,(H,20,21,23). The first-order valence-corrected chi connectivity index (χ1v) is 10.0. The van der Waals surface area contributed by atoms with Gasteiger partial charge in [0.05, 0.1) is 12.9 Å². The van der Waals surface area contributed by atoms with Crippen LogP contribution in [0.4, 0.5) is 5.82 Å². The van der Waals surface area contributed by atoms with E-state index in [1.54, 1.807) is 12.7 Å². The van der Waals surface area contributed by atoms with E-state index in [2.05, 4.69) is 27.2 Å². The van der Waals surface area contributed by atoms with Gasteiger partial charge in [0.15, 0.2) is 29.0 Å². The van der Waals surface area contributed by atoms with Crippen LogP contribution in [-0.2, 0) is 14.2 Å². The monoisotopic (exact) mass is 389 g/mol. The average Bonchev–Trinajstić information content (AvgIpc) is 3.39. The molecule has 6 atom stereocenters. The number of nitrogens with zero attached hydrogens (tertiary/aromatic N) is 4. The molecule has 4 heterocycles. The number of hydrogen-bond donors (Lipinski definition) is 2. The van der Waals surface area contributed by atoms with Gasteiger partial charge in [0.25, 0.3) is 0 Å². The van der Waals surface area contributed by atoms with Gasteiger partial charge < -0.3 is 24.6 Å². The van der Waals surface area contributed by atoms with Crippen molar-refractivity contribution >= 4 is 17.0 Å². The maximum atomic E-state index is 9.72. The van der Waals surface area contributed by atoms with Crippen LogP contribution in [0.25, 0.3) is 11.2 Å². The van der Waals surface area contributed by atoms with Crippen molar-refractivity contribution in [2.45, 2.75) is 76.4 Å². The number of aliphatic hydroxyl groups is 1. The summed E-state index contributed by atoms with van der Waals surface area (Å²) in [6, 6.07) is 0.404. The maximum Gasteiger partial charge on any atom is 0.167 e. The van der Waals surface area contributed by atoms with Crippen molar-refractivity contribution in [2.75, 3.05) is 11.9 Å². The van der Waals surface area contributed by atoms with Crippen LogP contribution < -0.4 is 5.32 Å². The summed E-state index contributed by atoms with van der Waals surface area (Å²) in [6.45, 7) is 5.87. The van der Waals surface area contributed by atoms with Gasteiger partial charge in [-0.1, -0.05) is 13.3 Å². The van der Waals surface area contributed by atoms with E-state index < -0.39 is 18.1 Å². The molecule has 28 heavy (non-hydrogen) atoms. The van der Waals surface area contributed by atoms with Crippen LogP contribution in [-0.4, -0.2) is 61.4 Å². The summed E-state index contributed by atoms with van der Waals surface area (Å²) in [4.78, 5) is 13.5. The molecule has 1 aliphatic carbocycles. The third kappa shape index (κ3) is 2.88. The molecule has 6 unspecified atom stereocenters. The second-order valence-electron chi connectivity index (χ2n) is 8.52. The maximum absolute atomic E-state index is 9.72. The van der Waals surface area contributed by atoms with Crippen LogP contribution in [0, 0.1) is 5.92 Å². The molecule has 0 radical (unpaired) electrons. The lowest BCUT2D eigenvalue weighted by atomic mass is 10.1. The van der Waals surface area contributed by atoms with Crippen molar-refractivity contribution < 1.29 is 19.3 Å². The van der Waals surface area contributed by atoms with Gasteiger partial charge in [0.2, 0.25) is 0 Å². The molecule has 9 nitrogen and oxygen atoms in total. The fourth-order valence-corrected chi connectivity index (χ4v) is 4.71. The number of rotatable bonds is 4. The van der Waals surface area contributed by atoms with Gasteiger partial charge in [-0.2, -0.15) is 0 Å². The van der Waals surface area contributed by atoms with Gasteiger partial charge in [0, 0.05) is 6.04 Å². The van der Waals surface area contributed by atoms with Crippen LogP contribution >= 0.6 is 0 Å². The minimum atomic E-state index is -0.721. The summed E-state index contributed by atoms with van der Waals surface area (Å²) in [6.07, 6.45) is 5.27. The van der Waals surface area contributed by atoms with Gasteiger partial charge in [0.1, 0.15) is 24.6 Å². The highest BCUT2D eigenvalue weighted by Gasteiger charge is 2.56. The van der Waals surface area contributed by atoms with E-state index in [1.807, 2.05) is 18.4 Å². The van der Waals surface area contributed by atoms with Crippen LogP contribution in [0.3, 0.4) is 0 Å². The minimum Gasteiger partial charge on any atom is -0.394 e. The van der Waals surface area contributed by atoms with Gasteiger partial charge >= 0.3 is 0 Å². The quantitative estimate of drug-likeness (QED) is 0.816. The van der Waals surface area contributed by atoms with Crippen LogP contribution in [0.2, 0.25) is 0 Å². The van der Waals surface area contributed by atoms with Crippen molar-refractivity contribution in [3.8, 4) is 0 Å². The molecule has 2 N–H and O–H groups in total. The SMILES string of the molecule is CC1CCCC1Nc1ncnc2c1ncn2C1OC(CO)C2OC(C)(C)OC21. The number of nitrogens with one attached hydrogen (secondary N) is 1. The normalized spacial score (nSPS) is 36.9. The van der Waals surface area contributed by atoms with Gasteiger partial charge in [-0.15, -0.1) is 0 Å². The molecule has 0 amide bonds. The smallest absolute Gasteiger partial charge is 0.167 e. The van der Waals surface area contributed by atoms with Crippen molar-refractivity contribution in [1.29, 1.82) is 0 Å². The Balaban J connectivity index is 1.48. The van der Waals surface area contributed by atoms with E-state index in [0.29, 0.717) is 23.1 Å². The first kappa shape index (κ1) is 18.2. The highest BCUT2D eigenvalue weighted by molar-refractivity contribution is 5.82. The van der Waals surface area contributed by atoms with Crippen molar-refractivity contribution in [2.24, 2.45) is 5.92 Å².